The van der Waals surface area contributed by atoms with E-state index in [0.717, 1.165) is 24.5 Å². The highest BCUT2D eigenvalue weighted by Gasteiger charge is 2.43. The lowest BCUT2D eigenvalue weighted by Gasteiger charge is -2.38. The Morgan fingerprint density at radius 1 is 1.10 bits per heavy atom. The number of hydrogen-bond acceptors (Lipinski definition) is 5. The van der Waals surface area contributed by atoms with E-state index in [1.165, 1.54) is 12.8 Å². The molecule has 2 fully saturated rings. The zero-order chi connectivity index (χ0) is 14.2. The zero-order valence-corrected chi connectivity index (χ0v) is 12.1. The number of para-hydroxylation sites is 1. The second kappa shape index (κ2) is 5.11. The molecule has 2 aliphatic rings. The molecule has 6 nitrogen and oxygen atoms in total. The van der Waals surface area contributed by atoms with E-state index in [2.05, 4.69) is 20.4 Å². The first kappa shape index (κ1) is 12.8. The maximum atomic E-state index is 5.57. The molecule has 6 heteroatoms. The Morgan fingerprint density at radius 2 is 1.81 bits per heavy atom. The summed E-state index contributed by atoms with van der Waals surface area (Å²) in [7, 11) is 1.81. The number of nitrogens with zero attached hydrogens (tertiary/aromatic N) is 5. The SMILES string of the molecule is COC1C[C@H]2CC[C@@H](C1)N2c1nnnn1-c1ccccc1. The fourth-order valence-corrected chi connectivity index (χ4v) is 3.73. The van der Waals surface area contributed by atoms with Crippen molar-refractivity contribution in [1.82, 2.24) is 20.2 Å². The Morgan fingerprint density at radius 3 is 2.48 bits per heavy atom. The fourth-order valence-electron chi connectivity index (χ4n) is 3.73. The summed E-state index contributed by atoms with van der Waals surface area (Å²) in [5.74, 6) is 0.864. The minimum atomic E-state index is 0.375. The van der Waals surface area contributed by atoms with E-state index < -0.39 is 0 Å². The van der Waals surface area contributed by atoms with Crippen LogP contribution in [0.1, 0.15) is 25.7 Å². The summed E-state index contributed by atoms with van der Waals surface area (Å²) >= 11 is 0. The molecular formula is C15H19N5O. The molecule has 21 heavy (non-hydrogen) atoms. The molecule has 2 saturated heterocycles. The van der Waals surface area contributed by atoms with Crippen molar-refractivity contribution in [3.8, 4) is 5.69 Å². The molecule has 1 aromatic heterocycles. The number of tetrazole rings is 1. The van der Waals surface area contributed by atoms with Crippen LogP contribution in [0, 0.1) is 0 Å². The topological polar surface area (TPSA) is 56.1 Å². The Bertz CT molecular complexity index is 600. The van der Waals surface area contributed by atoms with Crippen molar-refractivity contribution in [1.29, 1.82) is 0 Å². The first-order valence-electron chi connectivity index (χ1n) is 7.51. The minimum Gasteiger partial charge on any atom is -0.381 e. The van der Waals surface area contributed by atoms with Crippen LogP contribution in [0.4, 0.5) is 5.95 Å². The maximum absolute atomic E-state index is 5.57. The molecule has 3 heterocycles. The smallest absolute Gasteiger partial charge is 0.250 e. The molecular weight excluding hydrogens is 266 g/mol. The van der Waals surface area contributed by atoms with Gasteiger partial charge in [-0.15, -0.1) is 0 Å². The van der Waals surface area contributed by atoms with Gasteiger partial charge in [-0.3, -0.25) is 0 Å². The van der Waals surface area contributed by atoms with Gasteiger partial charge in [0.25, 0.3) is 5.95 Å². The average Bonchev–Trinajstić information content (AvgIpc) is 3.10. The van der Waals surface area contributed by atoms with Gasteiger partial charge in [-0.2, -0.15) is 4.68 Å². The summed E-state index contributed by atoms with van der Waals surface area (Å²) < 4.78 is 7.41. The Balaban J connectivity index is 1.68. The van der Waals surface area contributed by atoms with Gasteiger partial charge in [0.05, 0.1) is 11.8 Å². The largest absolute Gasteiger partial charge is 0.381 e. The normalized spacial score (nSPS) is 28.0. The minimum absolute atomic E-state index is 0.375. The molecule has 0 saturated carbocycles. The van der Waals surface area contributed by atoms with Crippen LogP contribution in [0.5, 0.6) is 0 Å². The van der Waals surface area contributed by atoms with E-state index >= 15 is 0 Å². The van der Waals surface area contributed by atoms with Crippen molar-refractivity contribution in [2.75, 3.05) is 12.0 Å². The summed E-state index contributed by atoms with van der Waals surface area (Å²) in [6, 6.07) is 11.1. The number of methoxy groups -OCH3 is 1. The third kappa shape index (κ3) is 2.10. The van der Waals surface area contributed by atoms with Crippen molar-refractivity contribution in [2.24, 2.45) is 0 Å². The fraction of sp³-hybridized carbons (Fsp3) is 0.533. The van der Waals surface area contributed by atoms with Crippen molar-refractivity contribution < 1.29 is 4.74 Å². The van der Waals surface area contributed by atoms with Gasteiger partial charge >= 0.3 is 0 Å². The van der Waals surface area contributed by atoms with Gasteiger partial charge < -0.3 is 9.64 Å². The summed E-state index contributed by atoms with van der Waals surface area (Å²) in [4.78, 5) is 2.41. The van der Waals surface area contributed by atoms with Crippen LogP contribution in [0.3, 0.4) is 0 Å². The molecule has 3 atom stereocenters. The number of benzene rings is 1. The number of rotatable bonds is 3. The van der Waals surface area contributed by atoms with Gasteiger partial charge in [0, 0.05) is 19.2 Å². The lowest BCUT2D eigenvalue weighted by Crippen LogP contribution is -2.46. The molecule has 0 radical (unpaired) electrons. The summed E-state index contributed by atoms with van der Waals surface area (Å²) in [6.45, 7) is 0. The molecule has 0 N–H and O–H groups in total. The van der Waals surface area contributed by atoms with E-state index in [0.29, 0.717) is 18.2 Å². The van der Waals surface area contributed by atoms with E-state index in [1.54, 1.807) is 0 Å². The third-order valence-corrected chi connectivity index (χ3v) is 4.71. The second-order valence-corrected chi connectivity index (χ2v) is 5.85. The van der Waals surface area contributed by atoms with Crippen molar-refractivity contribution in [3.63, 3.8) is 0 Å². The van der Waals surface area contributed by atoms with E-state index in [9.17, 15) is 0 Å². The number of fused-ring (bicyclic) bond motifs is 2. The lowest BCUT2D eigenvalue weighted by atomic mass is 10.0. The van der Waals surface area contributed by atoms with Crippen molar-refractivity contribution in [3.05, 3.63) is 30.3 Å². The number of piperidine rings is 1. The molecule has 2 aliphatic heterocycles. The quantitative estimate of drug-likeness (QED) is 0.861. The van der Waals surface area contributed by atoms with Crippen LogP contribution in [0.15, 0.2) is 30.3 Å². The van der Waals surface area contributed by atoms with Crippen LogP contribution < -0.4 is 4.90 Å². The van der Waals surface area contributed by atoms with E-state index in [-0.39, 0.29) is 0 Å². The van der Waals surface area contributed by atoms with Gasteiger partial charge in [-0.25, -0.2) is 0 Å². The number of hydrogen-bond donors (Lipinski definition) is 0. The molecule has 2 aromatic rings. The van der Waals surface area contributed by atoms with Gasteiger partial charge in [0.2, 0.25) is 0 Å². The van der Waals surface area contributed by atoms with Crippen molar-refractivity contribution >= 4 is 5.95 Å². The number of ether oxygens (including phenoxy) is 1. The van der Waals surface area contributed by atoms with Gasteiger partial charge in [0.15, 0.2) is 0 Å². The molecule has 4 rings (SSSR count). The predicted molar refractivity (Wildman–Crippen MR) is 78.5 cm³/mol. The first-order valence-corrected chi connectivity index (χ1v) is 7.51. The van der Waals surface area contributed by atoms with Crippen LogP contribution >= 0.6 is 0 Å². The highest BCUT2D eigenvalue weighted by Crippen LogP contribution is 2.39. The number of anilines is 1. The van der Waals surface area contributed by atoms with Gasteiger partial charge in [0.1, 0.15) is 0 Å². The molecule has 0 spiro atoms. The van der Waals surface area contributed by atoms with Gasteiger partial charge in [-0.1, -0.05) is 23.3 Å². The Labute approximate surface area is 123 Å². The first-order chi connectivity index (χ1) is 10.4. The molecule has 110 valence electrons. The van der Waals surface area contributed by atoms with E-state index in [4.69, 9.17) is 4.74 Å². The highest BCUT2D eigenvalue weighted by atomic mass is 16.5. The average molecular weight is 285 g/mol. The Hall–Kier alpha value is -1.95. The van der Waals surface area contributed by atoms with E-state index in [1.807, 2.05) is 42.1 Å². The zero-order valence-electron chi connectivity index (χ0n) is 12.1. The van der Waals surface area contributed by atoms with Crippen molar-refractivity contribution in [2.45, 2.75) is 43.9 Å². The highest BCUT2D eigenvalue weighted by molar-refractivity contribution is 5.44. The summed E-state index contributed by atoms with van der Waals surface area (Å²) in [6.07, 6.45) is 4.90. The standard InChI is InChI=1S/C15H19N5O/c1-21-14-9-12-7-8-13(10-14)19(12)15-16-17-18-20(15)11-5-3-2-4-6-11/h2-6,12-14H,7-10H2,1H3/t12-,13+,14?. The van der Waals surface area contributed by atoms with Gasteiger partial charge in [-0.05, 0) is 48.2 Å². The number of aromatic nitrogens is 4. The van der Waals surface area contributed by atoms with Crippen LogP contribution in [0.2, 0.25) is 0 Å². The molecule has 0 amide bonds. The maximum Gasteiger partial charge on any atom is 0.250 e. The second-order valence-electron chi connectivity index (χ2n) is 5.85. The molecule has 1 aromatic carbocycles. The van der Waals surface area contributed by atoms with Crippen LogP contribution in [0.25, 0.3) is 5.69 Å². The summed E-state index contributed by atoms with van der Waals surface area (Å²) in [5, 5.41) is 12.4. The molecule has 1 unspecified atom stereocenters. The predicted octanol–water partition coefficient (Wildman–Crippen LogP) is 1.81. The van der Waals surface area contributed by atoms with Crippen LogP contribution in [-0.4, -0.2) is 45.5 Å². The molecule has 0 aliphatic carbocycles. The lowest BCUT2D eigenvalue weighted by molar-refractivity contribution is 0.0679. The summed E-state index contributed by atoms with van der Waals surface area (Å²) in [5.41, 5.74) is 1.01. The van der Waals surface area contributed by atoms with Crippen LogP contribution in [-0.2, 0) is 4.74 Å². The molecule has 2 bridgehead atoms. The monoisotopic (exact) mass is 285 g/mol. The Kier molecular flexibility index (Phi) is 3.11. The third-order valence-electron chi connectivity index (χ3n) is 4.71.